The van der Waals surface area contributed by atoms with E-state index in [1.165, 1.54) is 18.2 Å². The normalized spacial score (nSPS) is 11.1. The molecule has 0 saturated heterocycles. The Morgan fingerprint density at radius 3 is 2.29 bits per heavy atom. The number of hydrogen-bond acceptors (Lipinski definition) is 7. The third-order valence-corrected chi connectivity index (χ3v) is 6.77. The lowest BCUT2D eigenvalue weighted by Crippen LogP contribution is -2.31. The van der Waals surface area contributed by atoms with Gasteiger partial charge in [0.2, 0.25) is 5.91 Å². The minimum Gasteiger partial charge on any atom is -0.543 e. The summed E-state index contributed by atoms with van der Waals surface area (Å²) in [6.07, 6.45) is 6.73. The summed E-state index contributed by atoms with van der Waals surface area (Å²) in [6.45, 7) is 4.47. The van der Waals surface area contributed by atoms with Crippen LogP contribution in [0.5, 0.6) is 0 Å². The maximum Gasteiger partial charge on any atom is 0.266 e. The molecule has 35 heavy (non-hydrogen) atoms. The number of unbranched alkanes of at least 4 members (excludes halogenated alkanes) is 3. The number of carbonyl (C=O) groups excluding carboxylic acids is 3. The molecular formula is C25H32N3O6S-. The van der Waals surface area contributed by atoms with Crippen molar-refractivity contribution in [3.63, 3.8) is 0 Å². The summed E-state index contributed by atoms with van der Waals surface area (Å²) >= 11 is 0. The van der Waals surface area contributed by atoms with Crippen LogP contribution in [0.4, 0.5) is 0 Å². The number of pyridine rings is 1. The monoisotopic (exact) mass is 502 g/mol. The van der Waals surface area contributed by atoms with E-state index in [1.54, 1.807) is 12.1 Å². The average molecular weight is 503 g/mol. The van der Waals surface area contributed by atoms with Crippen LogP contribution >= 0.6 is 0 Å². The molecule has 0 aliphatic carbocycles. The number of benzene rings is 1. The van der Waals surface area contributed by atoms with E-state index in [0.29, 0.717) is 37.8 Å². The van der Waals surface area contributed by atoms with Crippen molar-refractivity contribution < 1.29 is 27.9 Å². The lowest BCUT2D eigenvalue weighted by molar-refractivity contribution is -0.255. The van der Waals surface area contributed by atoms with Crippen molar-refractivity contribution in [2.75, 3.05) is 6.54 Å². The molecule has 0 radical (unpaired) electrons. The van der Waals surface area contributed by atoms with Gasteiger partial charge in [-0.25, -0.2) is 13.1 Å². The van der Waals surface area contributed by atoms with Crippen LogP contribution in [-0.4, -0.2) is 37.7 Å². The van der Waals surface area contributed by atoms with Crippen LogP contribution in [0, 0.1) is 0 Å². The van der Waals surface area contributed by atoms with E-state index in [9.17, 15) is 27.9 Å². The highest BCUT2D eigenvalue weighted by atomic mass is 32.2. The minimum atomic E-state index is -4.15. The zero-order valence-corrected chi connectivity index (χ0v) is 20.9. The van der Waals surface area contributed by atoms with Gasteiger partial charge in [-0.2, -0.15) is 0 Å². The summed E-state index contributed by atoms with van der Waals surface area (Å²) in [5.41, 5.74) is 0.859. The van der Waals surface area contributed by atoms with E-state index in [4.69, 9.17) is 0 Å². The fraction of sp³-hybridized carbons (Fsp3) is 0.440. The average Bonchev–Trinajstić information content (AvgIpc) is 2.82. The Balaban J connectivity index is 2.04. The Labute approximate surface area is 206 Å². The zero-order chi connectivity index (χ0) is 25.8. The van der Waals surface area contributed by atoms with Gasteiger partial charge in [-0.05, 0) is 55.0 Å². The second-order valence-corrected chi connectivity index (χ2v) is 9.94. The van der Waals surface area contributed by atoms with E-state index in [-0.39, 0.29) is 22.1 Å². The van der Waals surface area contributed by atoms with Gasteiger partial charge in [0.15, 0.2) is 0 Å². The molecule has 0 fully saturated rings. The first-order valence-electron chi connectivity index (χ1n) is 11.8. The second kappa shape index (κ2) is 13.6. The van der Waals surface area contributed by atoms with Crippen LogP contribution in [0.25, 0.3) is 0 Å². The molecule has 0 saturated carbocycles. The quantitative estimate of drug-likeness (QED) is 0.376. The molecule has 2 amide bonds. The largest absolute Gasteiger partial charge is 0.543 e. The molecular weight excluding hydrogens is 470 g/mol. The molecule has 190 valence electrons. The molecule has 0 unspecified atom stereocenters. The van der Waals surface area contributed by atoms with Gasteiger partial charge in [0.25, 0.3) is 15.9 Å². The number of aromatic nitrogens is 1. The number of nitrogens with one attached hydrogen (secondary N) is 2. The molecule has 10 heteroatoms. The molecule has 0 aliphatic rings. The number of sulfonamides is 1. The van der Waals surface area contributed by atoms with Crippen molar-refractivity contribution >= 4 is 27.8 Å². The predicted molar refractivity (Wildman–Crippen MR) is 129 cm³/mol. The predicted octanol–water partition coefficient (Wildman–Crippen LogP) is 2.15. The van der Waals surface area contributed by atoms with Crippen molar-refractivity contribution in [1.82, 2.24) is 15.0 Å². The number of rotatable bonds is 14. The third kappa shape index (κ3) is 8.79. The molecule has 0 aliphatic heterocycles. The van der Waals surface area contributed by atoms with E-state index in [0.717, 1.165) is 37.4 Å². The third-order valence-electron chi connectivity index (χ3n) is 5.43. The number of carboxylic acids is 1. The molecule has 2 rings (SSSR count). The van der Waals surface area contributed by atoms with E-state index >= 15 is 0 Å². The minimum absolute atomic E-state index is 0.00979. The molecule has 2 N–H and O–H groups in total. The summed E-state index contributed by atoms with van der Waals surface area (Å²) in [4.78, 5) is 39.3. The Bertz CT molecular complexity index is 1130. The number of amides is 2. The van der Waals surface area contributed by atoms with Crippen LogP contribution in [0.1, 0.15) is 84.3 Å². The molecule has 1 aromatic heterocycles. The van der Waals surface area contributed by atoms with Crippen molar-refractivity contribution in [3.8, 4) is 0 Å². The summed E-state index contributed by atoms with van der Waals surface area (Å²) in [6, 6.07) is 7.37. The fourth-order valence-corrected chi connectivity index (χ4v) is 4.40. The molecule has 1 aromatic carbocycles. The van der Waals surface area contributed by atoms with E-state index in [2.05, 4.69) is 10.3 Å². The Morgan fingerprint density at radius 2 is 1.66 bits per heavy atom. The number of nitrogens with zero attached hydrogens (tertiary/aromatic N) is 1. The van der Waals surface area contributed by atoms with Gasteiger partial charge in [0.1, 0.15) is 0 Å². The van der Waals surface area contributed by atoms with Gasteiger partial charge in [-0.15, -0.1) is 0 Å². The lowest BCUT2D eigenvalue weighted by atomic mass is 10.0. The van der Waals surface area contributed by atoms with Crippen LogP contribution in [0.2, 0.25) is 0 Å². The first-order valence-corrected chi connectivity index (χ1v) is 13.3. The molecule has 9 nitrogen and oxygen atoms in total. The van der Waals surface area contributed by atoms with Crippen molar-refractivity contribution in [2.45, 2.75) is 70.1 Å². The first-order chi connectivity index (χ1) is 16.7. The van der Waals surface area contributed by atoms with Gasteiger partial charge in [-0.1, -0.05) is 45.2 Å². The van der Waals surface area contributed by atoms with Gasteiger partial charge >= 0.3 is 0 Å². The number of hydrogen-bond donors (Lipinski definition) is 2. The number of aryl methyl sites for hydroxylation is 1. The Hall–Kier alpha value is -3.27. The van der Waals surface area contributed by atoms with Crippen LogP contribution in [0.15, 0.2) is 41.4 Å². The Kier molecular flexibility index (Phi) is 10.8. The molecule has 0 atom stereocenters. The topological polar surface area (TPSA) is 145 Å². The summed E-state index contributed by atoms with van der Waals surface area (Å²) in [5.74, 6) is -2.36. The lowest BCUT2D eigenvalue weighted by Gasteiger charge is -2.12. The molecule has 2 aromatic rings. The SMILES string of the molecule is CCCCCc1cc(C(=O)NS(=O)(=O)c2ccc(CCNC(=O)CCCC)cc2)cnc1C(=O)[O-]. The molecule has 0 bridgehead atoms. The number of aromatic carboxylic acids is 1. The summed E-state index contributed by atoms with van der Waals surface area (Å²) < 4.78 is 27.4. The summed E-state index contributed by atoms with van der Waals surface area (Å²) in [5, 5.41) is 14.2. The number of carbonyl (C=O) groups is 3. The maximum absolute atomic E-state index is 12.7. The molecule has 1 heterocycles. The summed E-state index contributed by atoms with van der Waals surface area (Å²) in [7, 11) is -4.15. The van der Waals surface area contributed by atoms with Crippen molar-refractivity contribution in [2.24, 2.45) is 0 Å². The highest BCUT2D eigenvalue weighted by molar-refractivity contribution is 7.90. The standard InChI is InChI=1S/C25H33N3O6S/c1-3-5-7-8-19-16-20(17-27-23(19)25(31)32)24(30)28-35(33,34)21-12-10-18(11-13-21)14-15-26-22(29)9-6-4-2/h10-13,16-17H,3-9,14-15H2,1-2H3,(H,26,29)(H,28,30)(H,31,32)/p-1. The smallest absolute Gasteiger partial charge is 0.266 e. The van der Waals surface area contributed by atoms with Gasteiger partial charge in [0, 0.05) is 19.2 Å². The Morgan fingerprint density at radius 1 is 0.971 bits per heavy atom. The van der Waals surface area contributed by atoms with Gasteiger partial charge in [0.05, 0.1) is 22.1 Å². The van der Waals surface area contributed by atoms with Crippen LogP contribution in [0.3, 0.4) is 0 Å². The van der Waals surface area contributed by atoms with E-state index < -0.39 is 21.9 Å². The molecule has 0 spiro atoms. The van der Waals surface area contributed by atoms with Gasteiger partial charge < -0.3 is 15.2 Å². The second-order valence-electron chi connectivity index (χ2n) is 8.26. The highest BCUT2D eigenvalue weighted by Crippen LogP contribution is 2.15. The van der Waals surface area contributed by atoms with Crippen LogP contribution < -0.4 is 15.1 Å². The zero-order valence-electron chi connectivity index (χ0n) is 20.1. The maximum atomic E-state index is 12.7. The number of carboxylic acid groups (broad SMARTS) is 1. The first kappa shape index (κ1) is 28.0. The van der Waals surface area contributed by atoms with E-state index in [1.807, 2.05) is 18.6 Å². The van der Waals surface area contributed by atoms with Crippen molar-refractivity contribution in [3.05, 3.63) is 58.9 Å². The van der Waals surface area contributed by atoms with Crippen LogP contribution in [-0.2, 0) is 27.7 Å². The fourth-order valence-electron chi connectivity index (χ4n) is 3.42. The highest BCUT2D eigenvalue weighted by Gasteiger charge is 2.20. The van der Waals surface area contributed by atoms with Crippen molar-refractivity contribution in [1.29, 1.82) is 0 Å². The van der Waals surface area contributed by atoms with Gasteiger partial charge in [-0.3, -0.25) is 14.6 Å².